The van der Waals surface area contributed by atoms with Crippen molar-refractivity contribution in [1.29, 1.82) is 0 Å². The maximum Gasteiger partial charge on any atom is 0.208 e. The van der Waals surface area contributed by atoms with Crippen LogP contribution < -0.4 is 5.73 Å². The maximum absolute atomic E-state index is 10.9. The molecule has 1 aromatic heterocycles. The number of amidine groups is 2. The molecule has 0 amide bonds. The molecule has 0 aliphatic rings. The first-order valence-electron chi connectivity index (χ1n) is 13.3. The predicted molar refractivity (Wildman–Crippen MR) is 172 cm³/mol. The van der Waals surface area contributed by atoms with Gasteiger partial charge in [-0.05, 0) is 35.3 Å². The molecule has 0 spiro atoms. The minimum absolute atomic E-state index is 0.0254. The van der Waals surface area contributed by atoms with Crippen LogP contribution in [0.3, 0.4) is 0 Å². The second-order valence-electron chi connectivity index (χ2n) is 10.5. The average Bonchev–Trinajstić information content (AvgIpc) is 3.42. The summed E-state index contributed by atoms with van der Waals surface area (Å²) in [5.74, 6) is -18.9. The van der Waals surface area contributed by atoms with Crippen LogP contribution in [0.1, 0.15) is 22.3 Å². The van der Waals surface area contributed by atoms with Crippen molar-refractivity contribution in [1.82, 2.24) is 4.57 Å². The first-order valence-corrected chi connectivity index (χ1v) is 14.1. The van der Waals surface area contributed by atoms with Crippen LogP contribution in [0, 0.1) is 13.8 Å². The molecule has 258 valence electrons. The Morgan fingerprint density at radius 2 is 0.918 bits per heavy atom. The number of phenols is 15. The van der Waals surface area contributed by atoms with Gasteiger partial charge in [-0.2, -0.15) is 0 Å². The van der Waals surface area contributed by atoms with E-state index in [9.17, 15) is 76.6 Å². The smallest absolute Gasteiger partial charge is 0.208 e. The Labute approximate surface area is 279 Å². The summed E-state index contributed by atoms with van der Waals surface area (Å²) in [4.78, 5) is 7.94. The molecule has 0 aliphatic heterocycles. The number of nitrogens with zero attached hydrogens (tertiary/aromatic N) is 3. The van der Waals surface area contributed by atoms with E-state index in [-0.39, 0.29) is 11.1 Å². The van der Waals surface area contributed by atoms with Crippen LogP contribution in [0.25, 0.3) is 21.8 Å². The number of fused-ring (bicyclic) bond motifs is 3. The third-order valence-corrected chi connectivity index (χ3v) is 8.66. The second kappa shape index (κ2) is 11.2. The fourth-order valence-corrected chi connectivity index (χ4v) is 5.56. The zero-order valence-corrected chi connectivity index (χ0v) is 26.3. The Morgan fingerprint density at radius 3 is 1.47 bits per heavy atom. The summed E-state index contributed by atoms with van der Waals surface area (Å²) in [7, 11) is 0. The fraction of sp³-hybridized carbons (Fsp3) is 0.103. The van der Waals surface area contributed by atoms with E-state index in [2.05, 4.69) is 25.9 Å². The fourth-order valence-electron chi connectivity index (χ4n) is 5.18. The van der Waals surface area contributed by atoms with Crippen molar-refractivity contribution >= 4 is 49.4 Å². The molecule has 0 unspecified atom stereocenters. The van der Waals surface area contributed by atoms with E-state index in [0.29, 0.717) is 0 Å². The van der Waals surface area contributed by atoms with Crippen molar-refractivity contribution in [3.63, 3.8) is 0 Å². The number of nitrogens with two attached hydrogens (primary N) is 1. The van der Waals surface area contributed by atoms with Crippen LogP contribution in [0.4, 0.5) is 0 Å². The van der Waals surface area contributed by atoms with Crippen molar-refractivity contribution < 1.29 is 76.6 Å². The number of phenolic OH excluding ortho intramolecular Hbond substituents is 15. The highest BCUT2D eigenvalue weighted by atomic mass is 79.9. The molecule has 5 aromatic rings. The lowest BCUT2D eigenvalue weighted by atomic mass is 10.0. The highest BCUT2D eigenvalue weighted by molar-refractivity contribution is 9.10. The lowest BCUT2D eigenvalue weighted by molar-refractivity contribution is 0.327. The van der Waals surface area contributed by atoms with E-state index in [4.69, 9.17) is 5.73 Å². The highest BCUT2D eigenvalue weighted by Gasteiger charge is 2.32. The first-order chi connectivity index (χ1) is 22.8. The minimum Gasteiger partial charge on any atom is -0.507 e. The number of aliphatic imine (C=N–C) groups is 2. The molecule has 0 radical (unpaired) electrons. The Balaban J connectivity index is 1.93. The Bertz CT molecular complexity index is 2230. The van der Waals surface area contributed by atoms with E-state index in [1.807, 2.05) is 0 Å². The summed E-state index contributed by atoms with van der Waals surface area (Å²) in [6.07, 6.45) is 0. The van der Waals surface area contributed by atoms with Crippen LogP contribution in [-0.4, -0.2) is 92.8 Å². The molecule has 17 N–H and O–H groups in total. The quantitative estimate of drug-likeness (QED) is 0.0543. The number of hydrogen-bond acceptors (Lipinski definition) is 16. The molecule has 0 saturated carbocycles. The van der Waals surface area contributed by atoms with Gasteiger partial charge in [-0.3, -0.25) is 0 Å². The number of halogens is 1. The normalized spacial score (nSPS) is 12.4. The largest absolute Gasteiger partial charge is 0.507 e. The number of aromatic nitrogens is 1. The first kappa shape index (κ1) is 33.7. The summed E-state index contributed by atoms with van der Waals surface area (Å²) in [6.45, 7) is 1.65. The van der Waals surface area contributed by atoms with Gasteiger partial charge in [-0.25, -0.2) is 9.98 Å². The van der Waals surface area contributed by atoms with Crippen molar-refractivity contribution in [2.24, 2.45) is 15.7 Å². The van der Waals surface area contributed by atoms with Crippen LogP contribution >= 0.6 is 15.9 Å². The van der Waals surface area contributed by atoms with Crippen molar-refractivity contribution in [2.75, 3.05) is 0 Å². The van der Waals surface area contributed by atoms with Crippen LogP contribution in [-0.2, 0) is 6.67 Å². The standard InChI is InChI=1S/C29H25BrN4O15/c1-4-5(2)14(36)17(39)8(13(4)35)28(31)33-29(9-18(40)24(46)27(49)25(47)19(9)41)32-3-34-11-6(15(37)10(30)20(42)21(11)43)7-12(34)22(44)26(48)23(45)16(7)38/h35-49H,3H2,1-2H3,(H2,31,32,33). The van der Waals surface area contributed by atoms with Gasteiger partial charge in [0, 0.05) is 5.56 Å². The molecule has 0 fully saturated rings. The van der Waals surface area contributed by atoms with Crippen molar-refractivity contribution in [3.8, 4) is 86.2 Å². The molecular formula is C29H25BrN4O15. The lowest BCUT2D eigenvalue weighted by Gasteiger charge is -2.16. The SMILES string of the molecule is Cc1c(C)c(O)c(/C(N)=N/C(=N\Cn2c3c(O)c(O)c(O)c(O)c3c3c(O)c(Br)c(O)c(O)c32)c2c(O)c(O)c(O)c(O)c2O)c(O)c1O. The van der Waals surface area contributed by atoms with E-state index in [1.54, 1.807) is 0 Å². The molecule has 20 heteroatoms. The molecule has 4 aromatic carbocycles. The van der Waals surface area contributed by atoms with Gasteiger partial charge in [0.05, 0.1) is 10.8 Å². The molecule has 1 heterocycles. The molecule has 19 nitrogen and oxygen atoms in total. The van der Waals surface area contributed by atoms with Gasteiger partial charge >= 0.3 is 0 Å². The zero-order valence-electron chi connectivity index (χ0n) is 24.7. The second-order valence-corrected chi connectivity index (χ2v) is 11.3. The Morgan fingerprint density at radius 1 is 0.510 bits per heavy atom. The third-order valence-electron chi connectivity index (χ3n) is 7.91. The van der Waals surface area contributed by atoms with Gasteiger partial charge in [0.25, 0.3) is 0 Å². The van der Waals surface area contributed by atoms with Crippen LogP contribution in [0.5, 0.6) is 86.2 Å². The number of rotatable bonds is 4. The van der Waals surface area contributed by atoms with Crippen molar-refractivity contribution in [3.05, 3.63) is 26.7 Å². The molecule has 5 rings (SSSR count). The van der Waals surface area contributed by atoms with Crippen LogP contribution in [0.15, 0.2) is 14.5 Å². The molecule has 0 saturated heterocycles. The predicted octanol–water partition coefficient (Wildman–Crippen LogP) is 2.57. The van der Waals surface area contributed by atoms with Crippen molar-refractivity contribution in [2.45, 2.75) is 20.5 Å². The monoisotopic (exact) mass is 748 g/mol. The van der Waals surface area contributed by atoms with Crippen LogP contribution in [0.2, 0.25) is 0 Å². The summed E-state index contributed by atoms with van der Waals surface area (Å²) in [6, 6.07) is 0. The van der Waals surface area contributed by atoms with Gasteiger partial charge in [0.2, 0.25) is 28.7 Å². The minimum atomic E-state index is -1.40. The van der Waals surface area contributed by atoms with Gasteiger partial charge in [-0.1, -0.05) is 0 Å². The summed E-state index contributed by atoms with van der Waals surface area (Å²) >= 11 is 2.86. The molecule has 0 bridgehead atoms. The molecular weight excluding hydrogens is 724 g/mol. The summed E-state index contributed by atoms with van der Waals surface area (Å²) in [5.41, 5.74) is 3.10. The van der Waals surface area contributed by atoms with Gasteiger partial charge < -0.3 is 86.9 Å². The summed E-state index contributed by atoms with van der Waals surface area (Å²) < 4.78 is 0.210. The van der Waals surface area contributed by atoms with E-state index in [1.165, 1.54) is 13.8 Å². The third kappa shape index (κ3) is 4.56. The Kier molecular flexibility index (Phi) is 7.71. The van der Waals surface area contributed by atoms with Gasteiger partial charge in [0.15, 0.2) is 51.8 Å². The lowest BCUT2D eigenvalue weighted by Crippen LogP contribution is -2.18. The van der Waals surface area contributed by atoms with Gasteiger partial charge in [-0.15, -0.1) is 0 Å². The van der Waals surface area contributed by atoms with E-state index >= 15 is 0 Å². The molecule has 0 aliphatic carbocycles. The maximum atomic E-state index is 10.9. The summed E-state index contributed by atoms with van der Waals surface area (Å²) in [5, 5.41) is 157. The molecule has 0 atom stereocenters. The number of hydrogen-bond donors (Lipinski definition) is 16. The zero-order chi connectivity index (χ0) is 36.7. The average molecular weight is 749 g/mol. The van der Waals surface area contributed by atoms with E-state index < -0.39 is 142 Å². The van der Waals surface area contributed by atoms with E-state index in [0.717, 1.165) is 4.57 Å². The highest BCUT2D eigenvalue weighted by Crippen LogP contribution is 2.58. The van der Waals surface area contributed by atoms with Gasteiger partial charge in [0.1, 0.15) is 50.6 Å². The number of aromatic hydroxyl groups is 15. The molecule has 49 heavy (non-hydrogen) atoms. The Hall–Kier alpha value is -6.70. The topological polar surface area (TPSA) is 359 Å². The number of benzene rings is 4.